The second-order valence-electron chi connectivity index (χ2n) is 4.06. The Morgan fingerprint density at radius 3 is 2.29 bits per heavy atom. The Labute approximate surface area is 119 Å². The van der Waals surface area contributed by atoms with Gasteiger partial charge in [-0.3, -0.25) is 0 Å². The summed E-state index contributed by atoms with van der Waals surface area (Å²) in [5, 5.41) is 14.0. The summed E-state index contributed by atoms with van der Waals surface area (Å²) in [7, 11) is -4.02. The zero-order chi connectivity index (χ0) is 15.6. The van der Waals surface area contributed by atoms with Gasteiger partial charge >= 0.3 is 5.97 Å². The molecule has 0 saturated carbocycles. The molecule has 0 bridgehead atoms. The Morgan fingerprint density at radius 2 is 1.76 bits per heavy atom. The summed E-state index contributed by atoms with van der Waals surface area (Å²) in [5.41, 5.74) is -0.370. The van der Waals surface area contributed by atoms with Crippen LogP contribution in [0.15, 0.2) is 47.4 Å². The maximum Gasteiger partial charge on any atom is 0.339 e. The molecule has 0 fully saturated rings. The van der Waals surface area contributed by atoms with Crippen LogP contribution in [0.25, 0.3) is 0 Å². The van der Waals surface area contributed by atoms with Gasteiger partial charge in [-0.2, -0.15) is 0 Å². The molecule has 0 radical (unpaired) electrons. The molecule has 0 heterocycles. The van der Waals surface area contributed by atoms with Crippen molar-refractivity contribution in [1.82, 2.24) is 0 Å². The molecular weight excluding hydrogens is 301 g/mol. The van der Waals surface area contributed by atoms with Gasteiger partial charge in [0.1, 0.15) is 22.9 Å². The molecule has 0 aliphatic rings. The maximum absolute atomic E-state index is 12.8. The van der Waals surface area contributed by atoms with Crippen LogP contribution in [0.5, 0.6) is 11.5 Å². The number of nitrogens with two attached hydrogens (primary N) is 1. The van der Waals surface area contributed by atoms with Crippen molar-refractivity contribution < 1.29 is 27.4 Å². The van der Waals surface area contributed by atoms with Crippen LogP contribution < -0.4 is 9.88 Å². The molecule has 2 rings (SSSR count). The maximum atomic E-state index is 12.8. The monoisotopic (exact) mass is 311 g/mol. The van der Waals surface area contributed by atoms with Gasteiger partial charge in [0, 0.05) is 0 Å². The zero-order valence-corrected chi connectivity index (χ0v) is 11.3. The molecule has 8 heteroatoms. The minimum Gasteiger partial charge on any atom is -0.478 e. The molecule has 2 aromatic rings. The molecule has 2 aromatic carbocycles. The van der Waals surface area contributed by atoms with E-state index in [0.717, 1.165) is 24.3 Å². The van der Waals surface area contributed by atoms with E-state index in [1.54, 1.807) is 0 Å². The van der Waals surface area contributed by atoms with E-state index in [2.05, 4.69) is 0 Å². The highest BCUT2D eigenvalue weighted by Gasteiger charge is 2.17. The predicted octanol–water partition coefficient (Wildman–Crippen LogP) is 1.96. The fraction of sp³-hybridized carbons (Fsp3) is 0. The summed E-state index contributed by atoms with van der Waals surface area (Å²) < 4.78 is 40.5. The number of carbonyl (C=O) groups is 1. The number of carboxylic acid groups (broad SMARTS) is 1. The van der Waals surface area contributed by atoms with Gasteiger partial charge in [-0.15, -0.1) is 0 Å². The van der Waals surface area contributed by atoms with Crippen molar-refractivity contribution in [3.8, 4) is 11.5 Å². The van der Waals surface area contributed by atoms with Crippen LogP contribution in [-0.4, -0.2) is 19.5 Å². The molecule has 0 saturated heterocycles. The minimum atomic E-state index is -4.02. The molecule has 6 nitrogen and oxygen atoms in total. The number of ether oxygens (including phenoxy) is 1. The second kappa shape index (κ2) is 5.51. The number of benzene rings is 2. The number of hydrogen-bond donors (Lipinski definition) is 2. The Morgan fingerprint density at radius 1 is 1.14 bits per heavy atom. The van der Waals surface area contributed by atoms with Crippen molar-refractivity contribution in [2.75, 3.05) is 0 Å². The number of sulfonamides is 1. The van der Waals surface area contributed by atoms with Gasteiger partial charge in [-0.25, -0.2) is 22.7 Å². The lowest BCUT2D eigenvalue weighted by molar-refractivity contribution is 0.0694. The quantitative estimate of drug-likeness (QED) is 0.897. The molecule has 0 amide bonds. The van der Waals surface area contributed by atoms with Gasteiger partial charge in [-0.05, 0) is 42.5 Å². The van der Waals surface area contributed by atoms with Gasteiger partial charge < -0.3 is 9.84 Å². The summed E-state index contributed by atoms with van der Waals surface area (Å²) in [5.74, 6) is -1.72. The SMILES string of the molecule is NS(=O)(=O)c1ccc(Oc2ccc(F)cc2)c(C(=O)O)c1. The highest BCUT2D eigenvalue weighted by molar-refractivity contribution is 7.89. The van der Waals surface area contributed by atoms with Crippen LogP contribution in [0.3, 0.4) is 0 Å². The van der Waals surface area contributed by atoms with Gasteiger partial charge in [0.05, 0.1) is 4.90 Å². The van der Waals surface area contributed by atoms with Crippen molar-refractivity contribution in [2.45, 2.75) is 4.90 Å². The second-order valence-corrected chi connectivity index (χ2v) is 5.63. The third-order valence-corrected chi connectivity index (χ3v) is 3.46. The van der Waals surface area contributed by atoms with Gasteiger partial charge in [-0.1, -0.05) is 0 Å². The van der Waals surface area contributed by atoms with Crippen molar-refractivity contribution in [3.05, 3.63) is 53.8 Å². The first-order valence-corrected chi connectivity index (χ1v) is 7.15. The summed E-state index contributed by atoms with van der Waals surface area (Å²) in [6.45, 7) is 0. The average molecular weight is 311 g/mol. The highest BCUT2D eigenvalue weighted by Crippen LogP contribution is 2.27. The van der Waals surface area contributed by atoms with E-state index < -0.39 is 21.8 Å². The van der Waals surface area contributed by atoms with Gasteiger partial charge in [0.15, 0.2) is 0 Å². The van der Waals surface area contributed by atoms with Crippen LogP contribution in [0.2, 0.25) is 0 Å². The third-order valence-electron chi connectivity index (χ3n) is 2.55. The molecule has 0 atom stereocenters. The standard InChI is InChI=1S/C13H10FNO5S/c14-8-1-3-9(4-2-8)20-12-6-5-10(21(15,18)19)7-11(12)13(16)17/h1-7H,(H,16,17)(H2,15,18,19). The molecule has 0 aromatic heterocycles. The van der Waals surface area contributed by atoms with Crippen LogP contribution in [0.4, 0.5) is 4.39 Å². The Hall–Kier alpha value is -2.45. The smallest absolute Gasteiger partial charge is 0.339 e. The van der Waals surface area contributed by atoms with E-state index in [0.29, 0.717) is 0 Å². The molecular formula is C13H10FNO5S. The zero-order valence-electron chi connectivity index (χ0n) is 10.5. The fourth-order valence-corrected chi connectivity index (χ4v) is 2.11. The van der Waals surface area contributed by atoms with E-state index in [-0.39, 0.29) is 22.0 Å². The van der Waals surface area contributed by atoms with E-state index >= 15 is 0 Å². The van der Waals surface area contributed by atoms with E-state index in [1.807, 2.05) is 0 Å². The lowest BCUT2D eigenvalue weighted by atomic mass is 10.2. The first-order valence-electron chi connectivity index (χ1n) is 5.61. The first kappa shape index (κ1) is 14.9. The van der Waals surface area contributed by atoms with E-state index in [4.69, 9.17) is 15.0 Å². The number of aromatic carboxylic acids is 1. The van der Waals surface area contributed by atoms with Gasteiger partial charge in [0.2, 0.25) is 10.0 Å². The summed E-state index contributed by atoms with van der Waals surface area (Å²) in [6, 6.07) is 8.12. The normalized spacial score (nSPS) is 11.1. The molecule has 3 N–H and O–H groups in total. The van der Waals surface area contributed by atoms with Gasteiger partial charge in [0.25, 0.3) is 0 Å². The Bertz CT molecular complexity index is 787. The number of rotatable bonds is 4. The number of hydrogen-bond acceptors (Lipinski definition) is 4. The lowest BCUT2D eigenvalue weighted by Crippen LogP contribution is -2.13. The van der Waals surface area contributed by atoms with E-state index in [9.17, 15) is 17.6 Å². The van der Waals surface area contributed by atoms with Crippen molar-refractivity contribution >= 4 is 16.0 Å². The van der Waals surface area contributed by atoms with Crippen molar-refractivity contribution in [3.63, 3.8) is 0 Å². The molecule has 0 spiro atoms. The largest absolute Gasteiger partial charge is 0.478 e. The summed E-state index contributed by atoms with van der Waals surface area (Å²) in [6.07, 6.45) is 0. The van der Waals surface area contributed by atoms with Crippen LogP contribution in [0, 0.1) is 5.82 Å². The molecule has 0 unspecified atom stereocenters. The summed E-state index contributed by atoms with van der Waals surface area (Å²) >= 11 is 0. The lowest BCUT2D eigenvalue weighted by Gasteiger charge is -2.10. The highest BCUT2D eigenvalue weighted by atomic mass is 32.2. The summed E-state index contributed by atoms with van der Waals surface area (Å²) in [4.78, 5) is 10.8. The molecule has 0 aliphatic carbocycles. The molecule has 110 valence electrons. The predicted molar refractivity (Wildman–Crippen MR) is 71.2 cm³/mol. The van der Waals surface area contributed by atoms with E-state index in [1.165, 1.54) is 18.2 Å². The van der Waals surface area contributed by atoms with Crippen LogP contribution in [0.1, 0.15) is 10.4 Å². The topological polar surface area (TPSA) is 107 Å². The Kier molecular flexibility index (Phi) is 3.92. The van der Waals surface area contributed by atoms with Crippen molar-refractivity contribution in [1.29, 1.82) is 0 Å². The molecule has 21 heavy (non-hydrogen) atoms. The Balaban J connectivity index is 2.44. The average Bonchev–Trinajstić information content (AvgIpc) is 2.40. The minimum absolute atomic E-state index is 0.0819. The number of carboxylic acids is 1. The molecule has 0 aliphatic heterocycles. The number of primary sulfonamides is 1. The first-order chi connectivity index (χ1) is 9.77. The van der Waals surface area contributed by atoms with Crippen LogP contribution >= 0.6 is 0 Å². The fourth-order valence-electron chi connectivity index (χ4n) is 1.57. The number of halogens is 1. The third kappa shape index (κ3) is 3.56. The van der Waals surface area contributed by atoms with Crippen LogP contribution in [-0.2, 0) is 10.0 Å². The van der Waals surface area contributed by atoms with Crippen molar-refractivity contribution in [2.24, 2.45) is 5.14 Å².